The van der Waals surface area contributed by atoms with E-state index in [1.165, 1.54) is 18.6 Å². The van der Waals surface area contributed by atoms with Crippen molar-refractivity contribution in [2.75, 3.05) is 0 Å². The van der Waals surface area contributed by atoms with Crippen molar-refractivity contribution in [3.8, 4) is 0 Å². The van der Waals surface area contributed by atoms with Crippen LogP contribution in [0.25, 0.3) is 0 Å². The molecule has 0 bridgehead atoms. The Labute approximate surface area is 95.9 Å². The van der Waals surface area contributed by atoms with Gasteiger partial charge in [0.1, 0.15) is 0 Å². The molecule has 0 aliphatic heterocycles. The van der Waals surface area contributed by atoms with Crippen LogP contribution in [0.3, 0.4) is 0 Å². The maximum Gasteiger partial charge on any atom is 0.335 e. The zero-order valence-electron chi connectivity index (χ0n) is 9.61. The fourth-order valence-corrected chi connectivity index (χ4v) is 1.81. The van der Waals surface area contributed by atoms with Crippen molar-refractivity contribution in [1.82, 2.24) is 0 Å². The largest absolute Gasteiger partial charge is 0.478 e. The van der Waals surface area contributed by atoms with Crippen LogP contribution in [0.5, 0.6) is 0 Å². The summed E-state index contributed by atoms with van der Waals surface area (Å²) < 4.78 is 0. The average Bonchev–Trinajstić information content (AvgIpc) is 2.26. The zero-order valence-corrected chi connectivity index (χ0v) is 9.61. The third-order valence-electron chi connectivity index (χ3n) is 2.79. The van der Waals surface area contributed by atoms with E-state index in [-0.39, 0.29) is 17.3 Å². The second-order valence-electron chi connectivity index (χ2n) is 4.12. The summed E-state index contributed by atoms with van der Waals surface area (Å²) in [7, 11) is 0. The van der Waals surface area contributed by atoms with E-state index in [9.17, 15) is 9.59 Å². The minimum atomic E-state index is -0.956. The van der Waals surface area contributed by atoms with Crippen LogP contribution in [0.1, 0.15) is 39.0 Å². The number of hydrogen-bond donors (Lipinski definition) is 1. The highest BCUT2D eigenvalue weighted by atomic mass is 16.4. The van der Waals surface area contributed by atoms with Crippen molar-refractivity contribution < 1.29 is 14.7 Å². The van der Waals surface area contributed by atoms with Crippen molar-refractivity contribution in [2.45, 2.75) is 39.0 Å². The number of allylic oxidation sites excluding steroid dienone is 2. The van der Waals surface area contributed by atoms with Gasteiger partial charge in [-0.3, -0.25) is 4.79 Å². The van der Waals surface area contributed by atoms with Gasteiger partial charge in [-0.25, -0.2) is 4.79 Å². The lowest BCUT2D eigenvalue weighted by Gasteiger charge is -2.13. The molecule has 1 rings (SSSR count). The highest BCUT2D eigenvalue weighted by molar-refractivity contribution is 6.00. The SMILES string of the molecule is CCCCCCC1C=C(C(=O)O)C=CC1=O. The van der Waals surface area contributed by atoms with Gasteiger partial charge in [0.05, 0.1) is 5.57 Å². The Kier molecular flexibility index (Phi) is 4.96. The Balaban J connectivity index is 2.48. The van der Waals surface area contributed by atoms with Crippen molar-refractivity contribution >= 4 is 11.8 Å². The van der Waals surface area contributed by atoms with Crippen LogP contribution < -0.4 is 0 Å². The number of carbonyl (C=O) groups excluding carboxylic acids is 1. The van der Waals surface area contributed by atoms with E-state index >= 15 is 0 Å². The van der Waals surface area contributed by atoms with Gasteiger partial charge in [0.25, 0.3) is 0 Å². The highest BCUT2D eigenvalue weighted by Gasteiger charge is 2.19. The van der Waals surface area contributed by atoms with Gasteiger partial charge in [0, 0.05) is 5.92 Å². The molecule has 0 saturated carbocycles. The number of carbonyl (C=O) groups is 2. The van der Waals surface area contributed by atoms with Crippen LogP contribution in [-0.4, -0.2) is 16.9 Å². The summed E-state index contributed by atoms with van der Waals surface area (Å²) in [4.78, 5) is 22.3. The van der Waals surface area contributed by atoms with Crippen LogP contribution in [0.15, 0.2) is 23.8 Å². The predicted octanol–water partition coefficient (Wildman–Crippen LogP) is 2.72. The third-order valence-corrected chi connectivity index (χ3v) is 2.79. The fraction of sp³-hybridized carbons (Fsp3) is 0.538. The summed E-state index contributed by atoms with van der Waals surface area (Å²) in [5, 5.41) is 8.82. The van der Waals surface area contributed by atoms with E-state index in [4.69, 9.17) is 5.11 Å². The number of carboxylic acids is 1. The summed E-state index contributed by atoms with van der Waals surface area (Å²) in [6, 6.07) is 0. The molecule has 3 nitrogen and oxygen atoms in total. The van der Waals surface area contributed by atoms with Gasteiger partial charge in [-0.2, -0.15) is 0 Å². The van der Waals surface area contributed by atoms with Crippen LogP contribution >= 0.6 is 0 Å². The number of rotatable bonds is 6. The van der Waals surface area contributed by atoms with Gasteiger partial charge in [0.2, 0.25) is 0 Å². The minimum Gasteiger partial charge on any atom is -0.478 e. The standard InChI is InChI=1S/C13H18O3/c1-2-3-4-5-6-10-9-11(13(15)16)7-8-12(10)14/h7-10H,2-6H2,1H3,(H,15,16). The smallest absolute Gasteiger partial charge is 0.335 e. The quantitative estimate of drug-likeness (QED) is 0.703. The molecular weight excluding hydrogens is 204 g/mol. The number of hydrogen-bond acceptors (Lipinski definition) is 2. The molecule has 0 aromatic heterocycles. The minimum absolute atomic E-state index is 0.0292. The molecule has 16 heavy (non-hydrogen) atoms. The molecule has 0 spiro atoms. The van der Waals surface area contributed by atoms with Crippen molar-refractivity contribution in [3.63, 3.8) is 0 Å². The summed E-state index contributed by atoms with van der Waals surface area (Å²) in [6.45, 7) is 2.14. The number of carboxylic acid groups (broad SMARTS) is 1. The second-order valence-corrected chi connectivity index (χ2v) is 4.12. The third kappa shape index (κ3) is 3.65. The molecule has 0 fully saturated rings. The number of aliphatic carboxylic acids is 1. The summed E-state index contributed by atoms with van der Waals surface area (Å²) in [5.74, 6) is -1.16. The van der Waals surface area contributed by atoms with Crippen LogP contribution in [-0.2, 0) is 9.59 Å². The Morgan fingerprint density at radius 1 is 1.31 bits per heavy atom. The van der Waals surface area contributed by atoms with E-state index in [0.29, 0.717) is 0 Å². The Morgan fingerprint density at radius 3 is 2.69 bits per heavy atom. The second kappa shape index (κ2) is 6.26. The molecule has 88 valence electrons. The van der Waals surface area contributed by atoms with Gasteiger partial charge in [-0.15, -0.1) is 0 Å². The molecule has 0 aromatic rings. The Morgan fingerprint density at radius 2 is 2.06 bits per heavy atom. The van der Waals surface area contributed by atoms with Gasteiger partial charge in [-0.1, -0.05) is 38.7 Å². The molecule has 1 aliphatic carbocycles. The van der Waals surface area contributed by atoms with E-state index in [2.05, 4.69) is 6.92 Å². The average molecular weight is 222 g/mol. The highest BCUT2D eigenvalue weighted by Crippen LogP contribution is 2.20. The molecule has 0 heterocycles. The number of unbranched alkanes of at least 4 members (excludes halogenated alkanes) is 3. The molecular formula is C13H18O3. The van der Waals surface area contributed by atoms with Crippen LogP contribution in [0.4, 0.5) is 0 Å². The van der Waals surface area contributed by atoms with E-state index < -0.39 is 5.97 Å². The van der Waals surface area contributed by atoms with Crippen LogP contribution in [0.2, 0.25) is 0 Å². The fourth-order valence-electron chi connectivity index (χ4n) is 1.81. The zero-order chi connectivity index (χ0) is 12.0. The topological polar surface area (TPSA) is 54.4 Å². The Hall–Kier alpha value is -1.38. The maximum atomic E-state index is 11.5. The van der Waals surface area contributed by atoms with Gasteiger partial charge in [0.15, 0.2) is 5.78 Å². The monoisotopic (exact) mass is 222 g/mol. The lowest BCUT2D eigenvalue weighted by atomic mass is 9.90. The lowest BCUT2D eigenvalue weighted by Crippen LogP contribution is -2.16. The molecule has 1 aliphatic rings. The normalized spacial score (nSPS) is 19.7. The van der Waals surface area contributed by atoms with Crippen molar-refractivity contribution in [2.24, 2.45) is 5.92 Å². The summed E-state index contributed by atoms with van der Waals surface area (Å²) in [6.07, 6.45) is 9.54. The number of ketones is 1. The molecule has 0 amide bonds. The summed E-state index contributed by atoms with van der Waals surface area (Å²) in [5.41, 5.74) is 0.236. The van der Waals surface area contributed by atoms with E-state index in [0.717, 1.165) is 25.7 Å². The van der Waals surface area contributed by atoms with Crippen LogP contribution in [0, 0.1) is 5.92 Å². The van der Waals surface area contributed by atoms with E-state index in [1.54, 1.807) is 6.08 Å². The molecule has 0 saturated heterocycles. The molecule has 0 aromatic carbocycles. The van der Waals surface area contributed by atoms with Gasteiger partial charge in [-0.05, 0) is 18.6 Å². The first-order valence-corrected chi connectivity index (χ1v) is 5.82. The molecule has 3 heteroatoms. The molecule has 1 atom stereocenters. The first-order valence-electron chi connectivity index (χ1n) is 5.82. The van der Waals surface area contributed by atoms with Crippen molar-refractivity contribution in [3.05, 3.63) is 23.8 Å². The molecule has 1 unspecified atom stereocenters. The maximum absolute atomic E-state index is 11.5. The Bertz CT molecular complexity index is 326. The predicted molar refractivity (Wildman–Crippen MR) is 62.1 cm³/mol. The first kappa shape index (κ1) is 12.7. The molecule has 1 N–H and O–H groups in total. The molecule has 0 radical (unpaired) electrons. The first-order chi connectivity index (χ1) is 7.65. The van der Waals surface area contributed by atoms with E-state index in [1.807, 2.05) is 0 Å². The van der Waals surface area contributed by atoms with Gasteiger partial charge < -0.3 is 5.11 Å². The van der Waals surface area contributed by atoms with Gasteiger partial charge >= 0.3 is 5.97 Å². The summed E-state index contributed by atoms with van der Waals surface area (Å²) >= 11 is 0. The lowest BCUT2D eigenvalue weighted by molar-refractivity contribution is -0.132. The van der Waals surface area contributed by atoms with Crippen molar-refractivity contribution in [1.29, 1.82) is 0 Å².